The quantitative estimate of drug-likeness (QED) is 0.456. The Balaban J connectivity index is 1.04. The van der Waals surface area contributed by atoms with E-state index in [2.05, 4.69) is 44.3 Å². The van der Waals surface area contributed by atoms with E-state index in [9.17, 15) is 4.79 Å². The third kappa shape index (κ3) is 7.38. The zero-order valence-electron chi connectivity index (χ0n) is 23.4. The Labute approximate surface area is 229 Å². The van der Waals surface area contributed by atoms with Gasteiger partial charge in [0.05, 0.1) is 5.69 Å². The summed E-state index contributed by atoms with van der Waals surface area (Å²) in [6.07, 6.45) is 12.2. The van der Waals surface area contributed by atoms with Gasteiger partial charge in [0.25, 0.3) is 0 Å². The average Bonchev–Trinajstić information content (AvgIpc) is 3.14. The topological polar surface area (TPSA) is 64.9 Å². The number of amides is 1. The molecule has 0 spiro atoms. The van der Waals surface area contributed by atoms with Crippen LogP contribution in [0.1, 0.15) is 75.7 Å². The summed E-state index contributed by atoms with van der Waals surface area (Å²) in [5.74, 6) is 1.98. The van der Waals surface area contributed by atoms with Gasteiger partial charge in [-0.1, -0.05) is 12.8 Å². The van der Waals surface area contributed by atoms with Gasteiger partial charge in [-0.25, -0.2) is 4.98 Å². The lowest BCUT2D eigenvalue weighted by Gasteiger charge is -2.30. The Bertz CT molecular complexity index is 998. The highest BCUT2D eigenvalue weighted by atomic mass is 16.4. The number of aromatic nitrogens is 1. The van der Waals surface area contributed by atoms with Crippen LogP contribution in [0, 0.1) is 12.8 Å². The van der Waals surface area contributed by atoms with E-state index in [1.807, 2.05) is 6.92 Å². The zero-order chi connectivity index (χ0) is 26.2. The molecule has 5 rings (SSSR count). The van der Waals surface area contributed by atoms with Crippen molar-refractivity contribution >= 4 is 11.6 Å². The highest BCUT2D eigenvalue weighted by Crippen LogP contribution is 2.27. The highest BCUT2D eigenvalue weighted by molar-refractivity contribution is 5.78. The molecule has 38 heavy (non-hydrogen) atoms. The van der Waals surface area contributed by atoms with Crippen molar-refractivity contribution in [2.24, 2.45) is 5.92 Å². The largest absolute Gasteiger partial charge is 0.441 e. The third-order valence-electron chi connectivity index (χ3n) is 8.71. The number of hydrogen-bond donors (Lipinski definition) is 1. The number of carbonyl (C=O) groups excluding carboxylic acids is 1. The normalized spacial score (nSPS) is 20.4. The van der Waals surface area contributed by atoms with Gasteiger partial charge >= 0.3 is 0 Å². The Kier molecular flexibility index (Phi) is 9.74. The average molecular weight is 522 g/mol. The number of likely N-dealkylation sites (tertiary alicyclic amines) is 2. The van der Waals surface area contributed by atoms with Crippen molar-refractivity contribution < 1.29 is 9.21 Å². The molecule has 208 valence electrons. The highest BCUT2D eigenvalue weighted by Gasteiger charge is 2.26. The minimum Gasteiger partial charge on any atom is -0.441 e. The van der Waals surface area contributed by atoms with Crippen LogP contribution in [-0.2, 0) is 11.3 Å². The number of oxazole rings is 1. The van der Waals surface area contributed by atoms with Crippen molar-refractivity contribution in [3.63, 3.8) is 0 Å². The van der Waals surface area contributed by atoms with Crippen LogP contribution in [-0.4, -0.2) is 73.0 Å². The summed E-state index contributed by atoms with van der Waals surface area (Å²) >= 11 is 0. The van der Waals surface area contributed by atoms with Gasteiger partial charge in [-0.15, -0.1) is 0 Å². The first kappa shape index (κ1) is 27.2. The van der Waals surface area contributed by atoms with E-state index in [1.165, 1.54) is 63.7 Å². The van der Waals surface area contributed by atoms with Gasteiger partial charge < -0.3 is 19.5 Å². The van der Waals surface area contributed by atoms with Crippen molar-refractivity contribution in [1.29, 1.82) is 0 Å². The van der Waals surface area contributed by atoms with Crippen LogP contribution in [0.5, 0.6) is 0 Å². The van der Waals surface area contributed by atoms with Crippen LogP contribution in [0.4, 0.5) is 5.69 Å². The first-order chi connectivity index (χ1) is 18.7. The molecule has 1 aromatic heterocycles. The monoisotopic (exact) mass is 521 g/mol. The summed E-state index contributed by atoms with van der Waals surface area (Å²) in [6.45, 7) is 11.3. The minimum atomic E-state index is 0.136. The lowest BCUT2D eigenvalue weighted by Crippen LogP contribution is -2.41. The molecule has 3 aliphatic rings. The van der Waals surface area contributed by atoms with E-state index in [0.29, 0.717) is 5.89 Å². The zero-order valence-corrected chi connectivity index (χ0v) is 23.4. The van der Waals surface area contributed by atoms with Gasteiger partial charge in [0, 0.05) is 43.3 Å². The molecule has 3 aliphatic heterocycles. The van der Waals surface area contributed by atoms with Gasteiger partial charge in [-0.05, 0) is 115 Å². The molecule has 0 saturated carbocycles. The van der Waals surface area contributed by atoms with Crippen LogP contribution in [0.25, 0.3) is 11.5 Å². The molecule has 3 saturated heterocycles. The number of piperidine rings is 2. The molecular weight excluding hydrogens is 474 g/mol. The van der Waals surface area contributed by atoms with Crippen LogP contribution >= 0.6 is 0 Å². The maximum atomic E-state index is 12.7. The summed E-state index contributed by atoms with van der Waals surface area (Å²) in [5.41, 5.74) is 3.34. The maximum Gasteiger partial charge on any atom is 0.226 e. The first-order valence-electron chi connectivity index (χ1n) is 15.2. The second kappa shape index (κ2) is 13.6. The summed E-state index contributed by atoms with van der Waals surface area (Å²) in [4.78, 5) is 25.0. The minimum absolute atomic E-state index is 0.136. The number of benzene rings is 1. The summed E-state index contributed by atoms with van der Waals surface area (Å²) in [5, 5.41) is 3.21. The van der Waals surface area contributed by atoms with Crippen molar-refractivity contribution in [2.75, 3.05) is 57.3 Å². The fourth-order valence-electron chi connectivity index (χ4n) is 6.25. The van der Waals surface area contributed by atoms with Crippen LogP contribution in [0.3, 0.4) is 0 Å². The fourth-order valence-corrected chi connectivity index (χ4v) is 6.25. The summed E-state index contributed by atoms with van der Waals surface area (Å²) < 4.78 is 6.07. The molecule has 0 unspecified atom stereocenters. The van der Waals surface area contributed by atoms with E-state index in [4.69, 9.17) is 9.40 Å². The SMILES string of the molecule is Cc1oc(-c2ccc(N3CCCCC3)cc2)nc1CN1CCC(C(=O)NCCCN2CCCCCC2)CC1. The Morgan fingerprint density at radius 3 is 2.26 bits per heavy atom. The third-order valence-corrected chi connectivity index (χ3v) is 8.71. The molecule has 7 heteroatoms. The van der Waals surface area contributed by atoms with Crippen LogP contribution < -0.4 is 10.2 Å². The van der Waals surface area contributed by atoms with Gasteiger partial charge in [0.15, 0.2) is 0 Å². The number of hydrogen-bond acceptors (Lipinski definition) is 6. The van der Waals surface area contributed by atoms with Gasteiger partial charge in [0.2, 0.25) is 11.8 Å². The number of nitrogens with zero attached hydrogens (tertiary/aromatic N) is 4. The standard InChI is InChI=1S/C31H47N5O2/c1-25-29(33-31(38-25)27-10-12-28(13-11-27)36-20-7-4-8-21-36)24-35-22-14-26(15-23-35)30(37)32-16-9-19-34-17-5-2-3-6-18-34/h10-13,26H,2-9,14-24H2,1H3,(H,32,37). The van der Waals surface area contributed by atoms with Gasteiger partial charge in [0.1, 0.15) is 5.76 Å². The van der Waals surface area contributed by atoms with Crippen molar-refractivity contribution in [2.45, 2.75) is 77.7 Å². The van der Waals surface area contributed by atoms with Crippen molar-refractivity contribution in [3.8, 4) is 11.5 Å². The van der Waals surface area contributed by atoms with E-state index < -0.39 is 0 Å². The van der Waals surface area contributed by atoms with Crippen molar-refractivity contribution in [1.82, 2.24) is 20.1 Å². The van der Waals surface area contributed by atoms with Gasteiger partial charge in [-0.2, -0.15) is 0 Å². The first-order valence-corrected chi connectivity index (χ1v) is 15.2. The summed E-state index contributed by atoms with van der Waals surface area (Å²) in [7, 11) is 0. The Morgan fingerprint density at radius 2 is 1.55 bits per heavy atom. The van der Waals surface area contributed by atoms with E-state index >= 15 is 0 Å². The number of carbonyl (C=O) groups is 1. The number of nitrogens with one attached hydrogen (secondary N) is 1. The Hall–Kier alpha value is -2.38. The maximum absolute atomic E-state index is 12.7. The molecule has 1 amide bonds. The fraction of sp³-hybridized carbons (Fsp3) is 0.677. The molecule has 0 atom stereocenters. The molecule has 0 radical (unpaired) electrons. The van der Waals surface area contributed by atoms with Crippen molar-refractivity contribution in [3.05, 3.63) is 35.7 Å². The predicted molar refractivity (Wildman–Crippen MR) is 153 cm³/mol. The molecule has 7 nitrogen and oxygen atoms in total. The van der Waals surface area contributed by atoms with E-state index in [1.54, 1.807) is 0 Å². The number of aryl methyl sites for hydroxylation is 1. The molecule has 4 heterocycles. The smallest absolute Gasteiger partial charge is 0.226 e. The Morgan fingerprint density at radius 1 is 0.895 bits per heavy atom. The molecular formula is C31H47N5O2. The molecule has 0 aliphatic carbocycles. The number of rotatable bonds is 9. The van der Waals surface area contributed by atoms with Gasteiger partial charge in [-0.3, -0.25) is 9.69 Å². The second-order valence-electron chi connectivity index (χ2n) is 11.6. The van der Waals surface area contributed by atoms with E-state index in [-0.39, 0.29) is 11.8 Å². The van der Waals surface area contributed by atoms with Crippen LogP contribution in [0.15, 0.2) is 28.7 Å². The second-order valence-corrected chi connectivity index (χ2v) is 11.6. The predicted octanol–water partition coefficient (Wildman–Crippen LogP) is 5.23. The van der Waals surface area contributed by atoms with E-state index in [0.717, 1.165) is 82.1 Å². The summed E-state index contributed by atoms with van der Waals surface area (Å²) in [6, 6.07) is 8.67. The lowest BCUT2D eigenvalue weighted by atomic mass is 9.95. The molecule has 1 aromatic carbocycles. The lowest BCUT2D eigenvalue weighted by molar-refractivity contribution is -0.126. The van der Waals surface area contributed by atoms with Crippen LogP contribution in [0.2, 0.25) is 0 Å². The molecule has 0 bridgehead atoms. The molecule has 1 N–H and O–H groups in total. The number of anilines is 1. The molecule has 2 aromatic rings. The molecule has 3 fully saturated rings.